The van der Waals surface area contributed by atoms with E-state index in [1.807, 2.05) is 0 Å². The summed E-state index contributed by atoms with van der Waals surface area (Å²) >= 11 is 1.02. The van der Waals surface area contributed by atoms with E-state index in [-0.39, 0.29) is 17.2 Å². The largest absolute Gasteiger partial charge is 0.493 e. The van der Waals surface area contributed by atoms with Gasteiger partial charge in [-0.25, -0.2) is 13.8 Å². The smallest absolute Gasteiger partial charge is 0.253 e. The van der Waals surface area contributed by atoms with Gasteiger partial charge in [0.05, 0.1) is 38.3 Å². The van der Waals surface area contributed by atoms with Crippen molar-refractivity contribution in [1.29, 1.82) is 0 Å². The standard InChI is InChI=1S/C25H21F2N3O4S/c1-32-19-10-15(11-20(33-2)24(19)34-3)7-8-22(31)30(14-17-6-4-5-9-28-17)25-29-23-18(27)12-16(26)13-21(23)35-25/h4-13H,14H2,1-3H3/b8-7+. The number of halogens is 2. The molecule has 0 spiro atoms. The van der Waals surface area contributed by atoms with Crippen LogP contribution < -0.4 is 19.1 Å². The van der Waals surface area contributed by atoms with E-state index >= 15 is 0 Å². The van der Waals surface area contributed by atoms with Crippen molar-refractivity contribution < 1.29 is 27.8 Å². The molecular weight excluding hydrogens is 476 g/mol. The van der Waals surface area contributed by atoms with E-state index < -0.39 is 17.5 Å². The van der Waals surface area contributed by atoms with Gasteiger partial charge in [-0.2, -0.15) is 0 Å². The molecule has 4 rings (SSSR count). The number of rotatable bonds is 8. The molecule has 0 radical (unpaired) electrons. The molecule has 0 fully saturated rings. The Bertz CT molecular complexity index is 1370. The van der Waals surface area contributed by atoms with Crippen molar-refractivity contribution in [3.8, 4) is 17.2 Å². The predicted molar refractivity (Wildman–Crippen MR) is 130 cm³/mol. The van der Waals surface area contributed by atoms with Crippen LogP contribution in [0.2, 0.25) is 0 Å². The molecule has 0 atom stereocenters. The maximum atomic E-state index is 14.3. The predicted octanol–water partition coefficient (Wildman–Crippen LogP) is 5.24. The van der Waals surface area contributed by atoms with Crippen LogP contribution in [0.4, 0.5) is 13.9 Å². The van der Waals surface area contributed by atoms with Crippen LogP contribution in [-0.2, 0) is 11.3 Å². The first kappa shape index (κ1) is 24.1. The van der Waals surface area contributed by atoms with E-state index in [0.717, 1.165) is 17.4 Å². The molecule has 1 amide bonds. The number of fused-ring (bicyclic) bond motifs is 1. The van der Waals surface area contributed by atoms with Crippen LogP contribution in [0.25, 0.3) is 16.3 Å². The van der Waals surface area contributed by atoms with Gasteiger partial charge in [0, 0.05) is 18.3 Å². The number of aromatic nitrogens is 2. The van der Waals surface area contributed by atoms with Gasteiger partial charge in [-0.3, -0.25) is 14.7 Å². The van der Waals surface area contributed by atoms with Crippen molar-refractivity contribution in [2.45, 2.75) is 6.54 Å². The molecule has 35 heavy (non-hydrogen) atoms. The van der Waals surface area contributed by atoms with Gasteiger partial charge in [0.2, 0.25) is 5.75 Å². The van der Waals surface area contributed by atoms with Gasteiger partial charge in [0.25, 0.3) is 5.91 Å². The number of hydrogen-bond donors (Lipinski definition) is 0. The van der Waals surface area contributed by atoms with Crippen LogP contribution in [0.1, 0.15) is 11.3 Å². The molecule has 0 aliphatic heterocycles. The Balaban J connectivity index is 1.71. The lowest BCUT2D eigenvalue weighted by molar-refractivity contribution is -0.114. The van der Waals surface area contributed by atoms with Gasteiger partial charge in [-0.15, -0.1) is 0 Å². The second-order valence-corrected chi connectivity index (χ2v) is 8.28. The summed E-state index contributed by atoms with van der Waals surface area (Å²) in [5, 5.41) is 0.217. The molecule has 0 aliphatic carbocycles. The Labute approximate surface area is 204 Å². The summed E-state index contributed by atoms with van der Waals surface area (Å²) in [4.78, 5) is 23.2. The number of carbonyl (C=O) groups excluding carboxylic acids is 1. The molecule has 2 aromatic heterocycles. The van der Waals surface area contributed by atoms with E-state index in [1.165, 1.54) is 38.4 Å². The van der Waals surface area contributed by atoms with Gasteiger partial charge in [-0.05, 0) is 42.0 Å². The summed E-state index contributed by atoms with van der Waals surface area (Å²) < 4.78 is 44.3. The first-order valence-electron chi connectivity index (χ1n) is 10.4. The number of methoxy groups -OCH3 is 3. The lowest BCUT2D eigenvalue weighted by Gasteiger charge is -2.18. The van der Waals surface area contributed by atoms with E-state index in [9.17, 15) is 13.6 Å². The van der Waals surface area contributed by atoms with Crippen molar-refractivity contribution >= 4 is 38.7 Å². The molecule has 0 saturated carbocycles. The van der Waals surface area contributed by atoms with E-state index in [0.29, 0.717) is 33.2 Å². The lowest BCUT2D eigenvalue weighted by Crippen LogP contribution is -2.29. The third kappa shape index (κ3) is 5.22. The minimum Gasteiger partial charge on any atom is -0.493 e. The quantitative estimate of drug-likeness (QED) is 0.310. The zero-order chi connectivity index (χ0) is 24.9. The zero-order valence-electron chi connectivity index (χ0n) is 19.1. The molecule has 2 aromatic carbocycles. The molecule has 7 nitrogen and oxygen atoms in total. The van der Waals surface area contributed by atoms with Gasteiger partial charge < -0.3 is 14.2 Å². The molecule has 2 heterocycles. The molecule has 0 bridgehead atoms. The number of pyridine rings is 1. The monoisotopic (exact) mass is 497 g/mol. The van der Waals surface area contributed by atoms with E-state index in [1.54, 1.807) is 42.6 Å². The third-order valence-electron chi connectivity index (χ3n) is 5.05. The highest BCUT2D eigenvalue weighted by Crippen LogP contribution is 2.38. The number of carbonyl (C=O) groups is 1. The number of amides is 1. The van der Waals surface area contributed by atoms with Crippen LogP contribution in [0, 0.1) is 11.6 Å². The van der Waals surface area contributed by atoms with Gasteiger partial charge >= 0.3 is 0 Å². The highest BCUT2D eigenvalue weighted by molar-refractivity contribution is 7.22. The van der Waals surface area contributed by atoms with E-state index in [2.05, 4.69) is 9.97 Å². The Morgan fingerprint density at radius 1 is 1.06 bits per heavy atom. The Morgan fingerprint density at radius 3 is 2.43 bits per heavy atom. The molecule has 10 heteroatoms. The number of nitrogens with zero attached hydrogens (tertiary/aromatic N) is 3. The summed E-state index contributed by atoms with van der Waals surface area (Å²) in [6, 6.07) is 10.7. The zero-order valence-corrected chi connectivity index (χ0v) is 19.9. The van der Waals surface area contributed by atoms with Crippen molar-refractivity contribution in [3.63, 3.8) is 0 Å². The molecule has 180 valence electrons. The van der Waals surface area contributed by atoms with Crippen LogP contribution in [0.15, 0.2) is 54.7 Å². The third-order valence-corrected chi connectivity index (χ3v) is 6.08. The maximum absolute atomic E-state index is 14.3. The number of hydrogen-bond acceptors (Lipinski definition) is 7. The topological polar surface area (TPSA) is 73.8 Å². The maximum Gasteiger partial charge on any atom is 0.253 e. The molecule has 4 aromatic rings. The fraction of sp³-hybridized carbons (Fsp3) is 0.160. The number of benzene rings is 2. The van der Waals surface area contributed by atoms with Crippen molar-refractivity contribution in [2.24, 2.45) is 0 Å². The lowest BCUT2D eigenvalue weighted by atomic mass is 10.1. The Kier molecular flexibility index (Phi) is 7.21. The van der Waals surface area contributed by atoms with Crippen molar-refractivity contribution in [1.82, 2.24) is 9.97 Å². The van der Waals surface area contributed by atoms with Crippen LogP contribution in [-0.4, -0.2) is 37.2 Å². The Morgan fingerprint density at radius 2 is 1.80 bits per heavy atom. The van der Waals surface area contributed by atoms with Gasteiger partial charge in [-0.1, -0.05) is 17.4 Å². The fourth-order valence-corrected chi connectivity index (χ4v) is 4.42. The van der Waals surface area contributed by atoms with Crippen LogP contribution >= 0.6 is 11.3 Å². The highest BCUT2D eigenvalue weighted by Gasteiger charge is 2.21. The Hall–Kier alpha value is -4.05. The first-order chi connectivity index (χ1) is 16.9. The summed E-state index contributed by atoms with van der Waals surface area (Å²) in [6.07, 6.45) is 4.55. The molecule has 0 aliphatic rings. The second-order valence-electron chi connectivity index (χ2n) is 7.27. The molecular formula is C25H21F2N3O4S. The van der Waals surface area contributed by atoms with Gasteiger partial charge in [0.1, 0.15) is 11.3 Å². The second kappa shape index (κ2) is 10.5. The summed E-state index contributed by atoms with van der Waals surface area (Å²) in [7, 11) is 4.50. The number of anilines is 1. The number of thiazole rings is 1. The fourth-order valence-electron chi connectivity index (χ4n) is 3.41. The SMILES string of the molecule is COc1cc(/C=C/C(=O)N(Cc2ccccn2)c2nc3c(F)cc(F)cc3s2)cc(OC)c1OC. The summed E-state index contributed by atoms with van der Waals surface area (Å²) in [6.45, 7) is 0.0865. The highest BCUT2D eigenvalue weighted by atomic mass is 32.1. The molecule has 0 saturated heterocycles. The summed E-state index contributed by atoms with van der Waals surface area (Å²) in [5.74, 6) is -0.625. The van der Waals surface area contributed by atoms with Crippen LogP contribution in [0.5, 0.6) is 17.2 Å². The van der Waals surface area contributed by atoms with Gasteiger partial charge in [0.15, 0.2) is 22.4 Å². The van der Waals surface area contributed by atoms with Crippen LogP contribution in [0.3, 0.4) is 0 Å². The minimum absolute atomic E-state index is 0.00109. The molecule has 0 unspecified atom stereocenters. The first-order valence-corrected chi connectivity index (χ1v) is 11.2. The van der Waals surface area contributed by atoms with E-state index in [4.69, 9.17) is 14.2 Å². The average molecular weight is 498 g/mol. The van der Waals surface area contributed by atoms with Crippen molar-refractivity contribution in [2.75, 3.05) is 26.2 Å². The summed E-state index contributed by atoms with van der Waals surface area (Å²) in [5.41, 5.74) is 1.23. The average Bonchev–Trinajstić information content (AvgIpc) is 3.29. The van der Waals surface area contributed by atoms with Crippen molar-refractivity contribution in [3.05, 3.63) is 77.6 Å². The normalized spacial score (nSPS) is 11.1. The minimum atomic E-state index is -0.791. The molecule has 0 N–H and O–H groups in total. The number of ether oxygens (including phenoxy) is 3.